The number of aryl methyl sites for hydroxylation is 1. The Hall–Kier alpha value is -4.00. The summed E-state index contributed by atoms with van der Waals surface area (Å²) in [6.45, 7) is 4.51. The third-order valence-corrected chi connectivity index (χ3v) is 6.82. The summed E-state index contributed by atoms with van der Waals surface area (Å²) >= 11 is 0. The molecule has 4 rings (SSSR count). The molecule has 0 fully saturated rings. The first kappa shape index (κ1) is 27.0. The Labute approximate surface area is 224 Å². The van der Waals surface area contributed by atoms with Crippen LogP contribution in [0.1, 0.15) is 43.4 Å². The van der Waals surface area contributed by atoms with Gasteiger partial charge in [0.2, 0.25) is 18.6 Å². The van der Waals surface area contributed by atoms with E-state index in [2.05, 4.69) is 5.32 Å². The summed E-state index contributed by atoms with van der Waals surface area (Å²) < 4.78 is 16.3. The molecule has 1 heterocycles. The fourth-order valence-corrected chi connectivity index (χ4v) is 4.45. The van der Waals surface area contributed by atoms with Gasteiger partial charge in [-0.2, -0.15) is 0 Å². The van der Waals surface area contributed by atoms with Crippen LogP contribution in [0.4, 0.5) is 0 Å². The third kappa shape index (κ3) is 7.06. The molecule has 7 heteroatoms. The average molecular weight is 517 g/mol. The van der Waals surface area contributed by atoms with Gasteiger partial charge in [-0.15, -0.1) is 0 Å². The van der Waals surface area contributed by atoms with E-state index in [0.717, 1.165) is 23.1 Å². The van der Waals surface area contributed by atoms with E-state index in [1.165, 1.54) is 0 Å². The van der Waals surface area contributed by atoms with E-state index < -0.39 is 6.04 Å². The van der Waals surface area contributed by atoms with Crippen LogP contribution in [0.25, 0.3) is 0 Å². The quantitative estimate of drug-likeness (QED) is 0.370. The number of nitrogens with zero attached hydrogens (tertiary/aromatic N) is 1. The molecule has 0 saturated heterocycles. The van der Waals surface area contributed by atoms with Gasteiger partial charge in [-0.25, -0.2) is 0 Å². The van der Waals surface area contributed by atoms with Crippen LogP contribution < -0.4 is 19.5 Å². The fraction of sp³-hybridized carbons (Fsp3) is 0.355. The van der Waals surface area contributed by atoms with Crippen molar-refractivity contribution in [1.82, 2.24) is 10.2 Å². The smallest absolute Gasteiger partial charge is 0.243 e. The van der Waals surface area contributed by atoms with Crippen molar-refractivity contribution >= 4 is 11.8 Å². The molecular weight excluding hydrogens is 480 g/mol. The minimum atomic E-state index is -0.665. The number of fused-ring (bicyclic) bond motifs is 1. The lowest BCUT2D eigenvalue weighted by Crippen LogP contribution is -2.52. The summed E-state index contributed by atoms with van der Waals surface area (Å²) in [6, 6.07) is 22.5. The van der Waals surface area contributed by atoms with E-state index in [-0.39, 0.29) is 31.1 Å². The van der Waals surface area contributed by atoms with Gasteiger partial charge in [0.1, 0.15) is 11.8 Å². The topological polar surface area (TPSA) is 77.1 Å². The number of benzene rings is 3. The Morgan fingerprint density at radius 2 is 1.71 bits per heavy atom. The largest absolute Gasteiger partial charge is 0.497 e. The predicted octanol–water partition coefficient (Wildman–Crippen LogP) is 4.91. The van der Waals surface area contributed by atoms with E-state index in [1.54, 1.807) is 12.0 Å². The zero-order valence-corrected chi connectivity index (χ0v) is 22.3. The highest BCUT2D eigenvalue weighted by atomic mass is 16.7. The number of methoxy groups -OCH3 is 1. The molecule has 200 valence electrons. The monoisotopic (exact) mass is 516 g/mol. The number of hydrogen-bond acceptors (Lipinski definition) is 5. The number of rotatable bonds is 12. The summed E-state index contributed by atoms with van der Waals surface area (Å²) in [5.74, 6) is 1.87. The first-order chi connectivity index (χ1) is 18.5. The highest BCUT2D eigenvalue weighted by molar-refractivity contribution is 5.88. The van der Waals surface area contributed by atoms with E-state index in [4.69, 9.17) is 14.2 Å². The number of amides is 2. The van der Waals surface area contributed by atoms with E-state index >= 15 is 0 Å². The molecule has 7 nitrogen and oxygen atoms in total. The molecule has 2 atom stereocenters. The van der Waals surface area contributed by atoms with Crippen LogP contribution in [0.2, 0.25) is 0 Å². The van der Waals surface area contributed by atoms with E-state index in [9.17, 15) is 9.59 Å². The Morgan fingerprint density at radius 1 is 0.947 bits per heavy atom. The van der Waals surface area contributed by atoms with Gasteiger partial charge in [-0.05, 0) is 60.7 Å². The molecule has 0 saturated carbocycles. The van der Waals surface area contributed by atoms with Gasteiger partial charge in [0.25, 0.3) is 0 Å². The molecule has 2 amide bonds. The Kier molecular flexibility index (Phi) is 9.25. The SMILES string of the molecule is CCC(C)NC(=O)C(Cc1ccccc1)N(Cc1cccc(OC)c1)C(=O)CCc1ccc2c(c1)OCO2. The molecule has 0 aliphatic carbocycles. The van der Waals surface area contributed by atoms with Crippen LogP contribution in [0, 0.1) is 0 Å². The first-order valence-electron chi connectivity index (χ1n) is 13.1. The standard InChI is InChI=1S/C31H36N2O5/c1-4-22(2)32-31(35)27(18-23-9-6-5-7-10-23)33(20-25-11-8-12-26(17-25)36-3)30(34)16-14-24-13-15-28-29(19-24)38-21-37-28/h5-13,15,17,19,22,27H,4,14,16,18,20-21H2,1-3H3,(H,32,35). The van der Waals surface area contributed by atoms with Gasteiger partial charge in [0, 0.05) is 25.4 Å². The molecule has 38 heavy (non-hydrogen) atoms. The summed E-state index contributed by atoms with van der Waals surface area (Å²) in [7, 11) is 1.62. The lowest BCUT2D eigenvalue weighted by molar-refractivity contribution is -0.141. The van der Waals surface area contributed by atoms with Crippen molar-refractivity contribution < 1.29 is 23.8 Å². The van der Waals surface area contributed by atoms with Crippen molar-refractivity contribution in [3.63, 3.8) is 0 Å². The maximum absolute atomic E-state index is 13.9. The molecule has 1 N–H and O–H groups in total. The minimum Gasteiger partial charge on any atom is -0.497 e. The third-order valence-electron chi connectivity index (χ3n) is 6.82. The molecule has 0 radical (unpaired) electrons. The van der Waals surface area contributed by atoms with Crippen LogP contribution in [-0.2, 0) is 29.0 Å². The molecule has 3 aromatic rings. The summed E-state index contributed by atoms with van der Waals surface area (Å²) in [5, 5.41) is 3.11. The van der Waals surface area contributed by atoms with E-state index in [0.29, 0.717) is 36.6 Å². The second-order valence-corrected chi connectivity index (χ2v) is 9.58. The zero-order valence-electron chi connectivity index (χ0n) is 22.3. The molecule has 0 aromatic heterocycles. The van der Waals surface area contributed by atoms with Crippen molar-refractivity contribution in [2.75, 3.05) is 13.9 Å². The predicted molar refractivity (Wildman–Crippen MR) is 146 cm³/mol. The minimum absolute atomic E-state index is 0.00294. The first-order valence-corrected chi connectivity index (χ1v) is 13.1. The average Bonchev–Trinajstić information content (AvgIpc) is 3.42. The molecule has 3 aromatic carbocycles. The van der Waals surface area contributed by atoms with Crippen molar-refractivity contribution in [1.29, 1.82) is 0 Å². The summed E-state index contributed by atoms with van der Waals surface area (Å²) in [6.07, 6.45) is 2.00. The summed E-state index contributed by atoms with van der Waals surface area (Å²) in [4.78, 5) is 29.2. The zero-order chi connectivity index (χ0) is 26.9. The number of ether oxygens (including phenoxy) is 3. The molecule has 1 aliphatic rings. The van der Waals surface area contributed by atoms with E-state index in [1.807, 2.05) is 86.6 Å². The van der Waals surface area contributed by atoms with Crippen molar-refractivity contribution in [2.45, 2.75) is 58.2 Å². The van der Waals surface area contributed by atoms with Gasteiger partial charge in [0.15, 0.2) is 11.5 Å². The van der Waals surface area contributed by atoms with Crippen LogP contribution in [-0.4, -0.2) is 42.7 Å². The van der Waals surface area contributed by atoms with Gasteiger partial charge < -0.3 is 24.4 Å². The molecule has 0 bridgehead atoms. The lowest BCUT2D eigenvalue weighted by atomic mass is 10.0. The number of carbonyl (C=O) groups is 2. The molecule has 2 unspecified atom stereocenters. The van der Waals surface area contributed by atoms with Gasteiger partial charge in [0.05, 0.1) is 7.11 Å². The second-order valence-electron chi connectivity index (χ2n) is 9.58. The Bertz CT molecular complexity index is 1230. The Morgan fingerprint density at radius 3 is 2.47 bits per heavy atom. The van der Waals surface area contributed by atoms with Gasteiger partial charge >= 0.3 is 0 Å². The molecule has 1 aliphatic heterocycles. The normalized spacial score (nSPS) is 13.4. The maximum atomic E-state index is 13.9. The van der Waals surface area contributed by atoms with Crippen LogP contribution in [0.15, 0.2) is 72.8 Å². The van der Waals surface area contributed by atoms with Crippen molar-refractivity contribution in [3.8, 4) is 17.2 Å². The molecule has 0 spiro atoms. The number of nitrogens with one attached hydrogen (secondary N) is 1. The van der Waals surface area contributed by atoms with Crippen molar-refractivity contribution in [3.05, 3.63) is 89.5 Å². The number of carbonyl (C=O) groups excluding carboxylic acids is 2. The number of hydrogen-bond donors (Lipinski definition) is 1. The van der Waals surface area contributed by atoms with Gasteiger partial charge in [-0.3, -0.25) is 9.59 Å². The fourth-order valence-electron chi connectivity index (χ4n) is 4.45. The van der Waals surface area contributed by atoms with Crippen molar-refractivity contribution in [2.24, 2.45) is 0 Å². The highest BCUT2D eigenvalue weighted by Crippen LogP contribution is 2.33. The highest BCUT2D eigenvalue weighted by Gasteiger charge is 2.31. The maximum Gasteiger partial charge on any atom is 0.243 e. The second kappa shape index (κ2) is 13.0. The van der Waals surface area contributed by atoms with Crippen LogP contribution in [0.5, 0.6) is 17.2 Å². The Balaban J connectivity index is 1.61. The lowest BCUT2D eigenvalue weighted by Gasteiger charge is -2.32. The molecular formula is C31H36N2O5. The summed E-state index contributed by atoms with van der Waals surface area (Å²) in [5.41, 5.74) is 2.87. The van der Waals surface area contributed by atoms with Crippen LogP contribution >= 0.6 is 0 Å². The van der Waals surface area contributed by atoms with Crippen LogP contribution in [0.3, 0.4) is 0 Å². The van der Waals surface area contributed by atoms with Gasteiger partial charge in [-0.1, -0.05) is 55.5 Å².